The van der Waals surface area contributed by atoms with Gasteiger partial charge >= 0.3 is 0 Å². The van der Waals surface area contributed by atoms with Crippen molar-refractivity contribution in [1.29, 1.82) is 0 Å². The van der Waals surface area contributed by atoms with Gasteiger partial charge in [0.1, 0.15) is 12.4 Å². The van der Waals surface area contributed by atoms with Crippen molar-refractivity contribution in [2.75, 3.05) is 31.1 Å². The standard InChI is InChI=1S/C14H18N2O/c1-9-2-3-12-14-13(9)10-8-15-5-4-11(10)16(14)6-7-17-12/h2-3,10-11,15H,4-8H2,1H3. The van der Waals surface area contributed by atoms with Crippen molar-refractivity contribution in [3.05, 3.63) is 23.3 Å². The lowest BCUT2D eigenvalue weighted by Crippen LogP contribution is -2.46. The smallest absolute Gasteiger partial charge is 0.143 e. The maximum absolute atomic E-state index is 5.81. The van der Waals surface area contributed by atoms with E-state index < -0.39 is 0 Å². The van der Waals surface area contributed by atoms with Crippen LogP contribution in [0.25, 0.3) is 0 Å². The number of anilines is 1. The summed E-state index contributed by atoms with van der Waals surface area (Å²) in [5.41, 5.74) is 4.37. The Morgan fingerprint density at radius 1 is 1.41 bits per heavy atom. The summed E-state index contributed by atoms with van der Waals surface area (Å²) in [5.74, 6) is 1.77. The molecule has 1 N–H and O–H groups in total. The van der Waals surface area contributed by atoms with Crippen LogP contribution in [0.1, 0.15) is 23.5 Å². The van der Waals surface area contributed by atoms with Gasteiger partial charge in [-0.15, -0.1) is 0 Å². The van der Waals surface area contributed by atoms with Crippen molar-refractivity contribution in [2.24, 2.45) is 0 Å². The number of rotatable bonds is 0. The summed E-state index contributed by atoms with van der Waals surface area (Å²) in [5, 5.41) is 3.54. The predicted octanol–water partition coefficient (Wildman–Crippen LogP) is 1.65. The molecule has 1 aromatic rings. The molecule has 1 fully saturated rings. The largest absolute Gasteiger partial charge is 0.490 e. The molecule has 0 radical (unpaired) electrons. The molecule has 1 saturated heterocycles. The maximum Gasteiger partial charge on any atom is 0.143 e. The Hall–Kier alpha value is -1.22. The number of aryl methyl sites for hydroxylation is 1. The Morgan fingerprint density at radius 3 is 3.29 bits per heavy atom. The molecular formula is C14H18N2O. The molecule has 0 bridgehead atoms. The molecule has 3 heteroatoms. The fourth-order valence-corrected chi connectivity index (χ4v) is 3.78. The van der Waals surface area contributed by atoms with E-state index >= 15 is 0 Å². The summed E-state index contributed by atoms with van der Waals surface area (Å²) in [7, 11) is 0. The molecule has 17 heavy (non-hydrogen) atoms. The molecule has 0 saturated carbocycles. The Labute approximate surface area is 102 Å². The van der Waals surface area contributed by atoms with Crippen molar-refractivity contribution in [3.8, 4) is 5.75 Å². The lowest BCUT2D eigenvalue weighted by molar-refractivity contribution is 0.295. The zero-order valence-electron chi connectivity index (χ0n) is 10.2. The first kappa shape index (κ1) is 9.77. The molecule has 90 valence electrons. The van der Waals surface area contributed by atoms with Crippen LogP contribution in [0.3, 0.4) is 0 Å². The van der Waals surface area contributed by atoms with Gasteiger partial charge in [-0.1, -0.05) is 6.07 Å². The predicted molar refractivity (Wildman–Crippen MR) is 68.0 cm³/mol. The SMILES string of the molecule is Cc1ccc2c3c1C1CNCCC1N3CCO2. The zero-order valence-corrected chi connectivity index (χ0v) is 10.2. The highest BCUT2D eigenvalue weighted by Gasteiger charge is 2.43. The van der Waals surface area contributed by atoms with Crippen molar-refractivity contribution in [2.45, 2.75) is 25.3 Å². The van der Waals surface area contributed by atoms with Crippen LogP contribution >= 0.6 is 0 Å². The quantitative estimate of drug-likeness (QED) is 0.733. The fourth-order valence-electron chi connectivity index (χ4n) is 3.78. The van der Waals surface area contributed by atoms with Crippen LogP contribution in [0.5, 0.6) is 5.75 Å². The van der Waals surface area contributed by atoms with Crippen molar-refractivity contribution in [1.82, 2.24) is 5.32 Å². The van der Waals surface area contributed by atoms with E-state index in [4.69, 9.17) is 4.74 Å². The number of hydrogen-bond donors (Lipinski definition) is 1. The zero-order chi connectivity index (χ0) is 11.4. The summed E-state index contributed by atoms with van der Waals surface area (Å²) in [6.07, 6.45) is 1.26. The average Bonchev–Trinajstić information content (AvgIpc) is 2.71. The van der Waals surface area contributed by atoms with Crippen LogP contribution in [0.2, 0.25) is 0 Å². The van der Waals surface area contributed by atoms with Gasteiger partial charge in [0.25, 0.3) is 0 Å². The summed E-state index contributed by atoms with van der Waals surface area (Å²) in [4.78, 5) is 2.60. The second kappa shape index (κ2) is 3.39. The number of nitrogens with zero attached hydrogens (tertiary/aromatic N) is 1. The molecular weight excluding hydrogens is 212 g/mol. The molecule has 2 atom stereocenters. The first-order valence-electron chi connectivity index (χ1n) is 6.60. The topological polar surface area (TPSA) is 24.5 Å². The summed E-state index contributed by atoms with van der Waals surface area (Å²) < 4.78 is 5.81. The fraction of sp³-hybridized carbons (Fsp3) is 0.571. The van der Waals surface area contributed by atoms with Crippen molar-refractivity contribution >= 4 is 5.69 Å². The normalized spacial score (nSPS) is 29.6. The third-order valence-corrected chi connectivity index (χ3v) is 4.49. The number of piperidine rings is 1. The number of fused-ring (bicyclic) bond motifs is 3. The number of hydrogen-bond acceptors (Lipinski definition) is 3. The number of nitrogens with one attached hydrogen (secondary N) is 1. The summed E-state index contributed by atoms with van der Waals surface area (Å²) >= 11 is 0. The second-order valence-electron chi connectivity index (χ2n) is 5.35. The third-order valence-electron chi connectivity index (χ3n) is 4.49. The Kier molecular flexibility index (Phi) is 1.95. The molecule has 0 aliphatic carbocycles. The van der Waals surface area contributed by atoms with Crippen LogP contribution in [-0.4, -0.2) is 32.3 Å². The molecule has 0 amide bonds. The van der Waals surface area contributed by atoms with Gasteiger partial charge in [0.05, 0.1) is 12.2 Å². The minimum absolute atomic E-state index is 0.667. The Bertz CT molecular complexity index is 470. The van der Waals surface area contributed by atoms with Crippen LogP contribution in [-0.2, 0) is 0 Å². The second-order valence-corrected chi connectivity index (χ2v) is 5.35. The van der Waals surface area contributed by atoms with E-state index in [0.29, 0.717) is 12.0 Å². The van der Waals surface area contributed by atoms with Gasteiger partial charge in [0, 0.05) is 18.5 Å². The molecule has 3 nitrogen and oxygen atoms in total. The highest BCUT2D eigenvalue weighted by Crippen LogP contribution is 2.50. The monoisotopic (exact) mass is 230 g/mol. The van der Waals surface area contributed by atoms with Gasteiger partial charge in [-0.3, -0.25) is 0 Å². The molecule has 4 rings (SSSR count). The van der Waals surface area contributed by atoms with Gasteiger partial charge in [0.2, 0.25) is 0 Å². The minimum atomic E-state index is 0.667. The first-order chi connectivity index (χ1) is 8.36. The molecule has 0 spiro atoms. The molecule has 1 aromatic carbocycles. The highest BCUT2D eigenvalue weighted by atomic mass is 16.5. The Balaban J connectivity index is 1.93. The number of ether oxygens (including phenoxy) is 1. The van der Waals surface area contributed by atoms with E-state index in [1.54, 1.807) is 5.56 Å². The highest BCUT2D eigenvalue weighted by molar-refractivity contribution is 5.73. The molecule has 2 unspecified atom stereocenters. The summed E-state index contributed by atoms with van der Waals surface area (Å²) in [6.45, 7) is 6.41. The number of benzene rings is 1. The van der Waals surface area contributed by atoms with E-state index in [1.807, 2.05) is 0 Å². The first-order valence-corrected chi connectivity index (χ1v) is 6.60. The summed E-state index contributed by atoms with van der Waals surface area (Å²) in [6, 6.07) is 5.06. The van der Waals surface area contributed by atoms with E-state index in [2.05, 4.69) is 29.3 Å². The van der Waals surface area contributed by atoms with E-state index in [9.17, 15) is 0 Å². The minimum Gasteiger partial charge on any atom is -0.490 e. The van der Waals surface area contributed by atoms with E-state index in [1.165, 1.54) is 17.7 Å². The van der Waals surface area contributed by atoms with Gasteiger partial charge in [-0.05, 0) is 37.1 Å². The van der Waals surface area contributed by atoms with Gasteiger partial charge in [-0.25, -0.2) is 0 Å². The van der Waals surface area contributed by atoms with Gasteiger partial charge in [0.15, 0.2) is 0 Å². The van der Waals surface area contributed by atoms with Gasteiger partial charge in [-0.2, -0.15) is 0 Å². The van der Waals surface area contributed by atoms with Crippen LogP contribution in [0, 0.1) is 6.92 Å². The van der Waals surface area contributed by atoms with E-state index in [0.717, 1.165) is 32.0 Å². The molecule has 3 aliphatic heterocycles. The third kappa shape index (κ3) is 1.20. The molecule has 3 heterocycles. The Morgan fingerprint density at radius 2 is 2.35 bits per heavy atom. The van der Waals surface area contributed by atoms with Crippen molar-refractivity contribution < 1.29 is 4.74 Å². The van der Waals surface area contributed by atoms with E-state index in [-0.39, 0.29) is 0 Å². The van der Waals surface area contributed by atoms with Crippen LogP contribution in [0.4, 0.5) is 5.69 Å². The van der Waals surface area contributed by atoms with Crippen LogP contribution in [0.15, 0.2) is 12.1 Å². The van der Waals surface area contributed by atoms with Crippen LogP contribution < -0.4 is 15.0 Å². The lowest BCUT2D eigenvalue weighted by Gasteiger charge is -2.36. The lowest BCUT2D eigenvalue weighted by atomic mass is 9.88. The molecule has 0 aromatic heterocycles. The van der Waals surface area contributed by atoms with Crippen molar-refractivity contribution in [3.63, 3.8) is 0 Å². The molecule has 3 aliphatic rings. The maximum atomic E-state index is 5.81. The van der Waals surface area contributed by atoms with Gasteiger partial charge < -0.3 is 15.0 Å². The average molecular weight is 230 g/mol.